The maximum atomic E-state index is 10.9. The molecule has 0 spiro atoms. The van der Waals surface area contributed by atoms with Gasteiger partial charge < -0.3 is 5.11 Å². The highest BCUT2D eigenvalue weighted by Crippen LogP contribution is 2.40. The molecule has 2 aromatic rings. The third kappa shape index (κ3) is 2.92. The lowest BCUT2D eigenvalue weighted by atomic mass is 9.97. The van der Waals surface area contributed by atoms with Gasteiger partial charge in [-0.15, -0.1) is 11.3 Å². The summed E-state index contributed by atoms with van der Waals surface area (Å²) in [5.74, 6) is 0.308. The number of aryl methyl sites for hydroxylation is 2. The number of aliphatic carboxylic acids is 1. The van der Waals surface area contributed by atoms with Crippen LogP contribution in [0.2, 0.25) is 0 Å². The fraction of sp³-hybridized carbons (Fsp3) is 0.533. The van der Waals surface area contributed by atoms with E-state index in [1.807, 2.05) is 0 Å². The van der Waals surface area contributed by atoms with Crippen LogP contribution in [0, 0.1) is 0 Å². The molecule has 0 saturated carbocycles. The van der Waals surface area contributed by atoms with Crippen LogP contribution in [-0.4, -0.2) is 26.8 Å². The maximum Gasteiger partial charge on any atom is 0.313 e. The fourth-order valence-electron chi connectivity index (χ4n) is 2.63. The molecule has 112 valence electrons. The van der Waals surface area contributed by atoms with Crippen molar-refractivity contribution in [3.63, 3.8) is 0 Å². The standard InChI is InChI=1S/C15H18N2O2S2/c1-8(2)13-16-14(20-7-11(18)19)12-9-5-3-4-6-10(9)21-15(12)17-13/h8H,3-7H2,1-2H3,(H,18,19). The van der Waals surface area contributed by atoms with E-state index < -0.39 is 5.97 Å². The number of hydrogen-bond donors (Lipinski definition) is 1. The Hall–Kier alpha value is -1.14. The SMILES string of the molecule is CC(C)c1nc(SCC(=O)O)c2c3c(sc2n1)CCCC3. The molecule has 6 heteroatoms. The predicted molar refractivity (Wildman–Crippen MR) is 86.5 cm³/mol. The summed E-state index contributed by atoms with van der Waals surface area (Å²) in [6.07, 6.45) is 4.63. The molecule has 0 fully saturated rings. The smallest absolute Gasteiger partial charge is 0.313 e. The monoisotopic (exact) mass is 322 g/mol. The molecule has 0 aromatic carbocycles. The van der Waals surface area contributed by atoms with Gasteiger partial charge in [0.05, 0.1) is 5.75 Å². The average Bonchev–Trinajstić information content (AvgIpc) is 2.82. The second-order valence-electron chi connectivity index (χ2n) is 5.62. The third-order valence-corrected chi connectivity index (χ3v) is 5.79. The molecule has 0 atom stereocenters. The van der Waals surface area contributed by atoms with Crippen molar-refractivity contribution in [2.45, 2.75) is 50.5 Å². The summed E-state index contributed by atoms with van der Waals surface area (Å²) in [7, 11) is 0. The maximum absolute atomic E-state index is 10.9. The van der Waals surface area contributed by atoms with E-state index >= 15 is 0 Å². The van der Waals surface area contributed by atoms with Crippen molar-refractivity contribution in [2.24, 2.45) is 0 Å². The summed E-state index contributed by atoms with van der Waals surface area (Å²) in [6.45, 7) is 4.14. The lowest BCUT2D eigenvalue weighted by Crippen LogP contribution is -2.04. The first kappa shape index (κ1) is 14.8. The molecular weight excluding hydrogens is 304 g/mol. The third-order valence-electron chi connectivity index (χ3n) is 3.65. The molecule has 3 rings (SSSR count). The van der Waals surface area contributed by atoms with E-state index in [1.165, 1.54) is 35.0 Å². The first-order valence-corrected chi connectivity index (χ1v) is 9.03. The minimum Gasteiger partial charge on any atom is -0.481 e. The van der Waals surface area contributed by atoms with E-state index in [1.54, 1.807) is 11.3 Å². The van der Waals surface area contributed by atoms with Gasteiger partial charge in [0, 0.05) is 16.2 Å². The lowest BCUT2D eigenvalue weighted by Gasteiger charge is -2.12. The van der Waals surface area contributed by atoms with Gasteiger partial charge in [0.2, 0.25) is 0 Å². The predicted octanol–water partition coefficient (Wildman–Crippen LogP) is 3.87. The van der Waals surface area contributed by atoms with Crippen LogP contribution in [0.5, 0.6) is 0 Å². The van der Waals surface area contributed by atoms with Crippen molar-refractivity contribution < 1.29 is 9.90 Å². The molecule has 1 aliphatic rings. The quantitative estimate of drug-likeness (QED) is 0.684. The summed E-state index contributed by atoms with van der Waals surface area (Å²) < 4.78 is 0. The van der Waals surface area contributed by atoms with Crippen LogP contribution >= 0.6 is 23.1 Å². The Morgan fingerprint density at radius 2 is 2.10 bits per heavy atom. The lowest BCUT2D eigenvalue weighted by molar-refractivity contribution is -0.133. The largest absolute Gasteiger partial charge is 0.481 e. The molecule has 0 amide bonds. The number of rotatable bonds is 4. The molecular formula is C15H18N2O2S2. The average molecular weight is 322 g/mol. The topological polar surface area (TPSA) is 63.1 Å². The van der Waals surface area contributed by atoms with Gasteiger partial charge in [0.1, 0.15) is 15.7 Å². The molecule has 0 unspecified atom stereocenters. The fourth-order valence-corrected chi connectivity index (χ4v) is 4.75. The van der Waals surface area contributed by atoms with E-state index in [-0.39, 0.29) is 11.7 Å². The first-order valence-electron chi connectivity index (χ1n) is 7.23. The van der Waals surface area contributed by atoms with Gasteiger partial charge in [0.25, 0.3) is 0 Å². The van der Waals surface area contributed by atoms with Gasteiger partial charge in [-0.3, -0.25) is 4.79 Å². The molecule has 21 heavy (non-hydrogen) atoms. The number of carbonyl (C=O) groups is 1. The normalized spacial score (nSPS) is 14.6. The van der Waals surface area contributed by atoms with Crippen LogP contribution in [0.25, 0.3) is 10.2 Å². The number of hydrogen-bond acceptors (Lipinski definition) is 5. The number of carboxylic acid groups (broad SMARTS) is 1. The van der Waals surface area contributed by atoms with Crippen LogP contribution < -0.4 is 0 Å². The van der Waals surface area contributed by atoms with Crippen molar-refractivity contribution >= 4 is 39.3 Å². The number of thioether (sulfide) groups is 1. The number of nitrogens with zero attached hydrogens (tertiary/aromatic N) is 2. The summed E-state index contributed by atoms with van der Waals surface area (Å²) in [5, 5.41) is 10.9. The minimum absolute atomic E-state index is 0.0499. The number of fused-ring (bicyclic) bond motifs is 3. The summed E-state index contributed by atoms with van der Waals surface area (Å²) in [4.78, 5) is 22.7. The first-order chi connectivity index (χ1) is 10.1. The molecule has 0 radical (unpaired) electrons. The highest BCUT2D eigenvalue weighted by molar-refractivity contribution is 8.00. The van der Waals surface area contributed by atoms with Crippen LogP contribution in [-0.2, 0) is 17.6 Å². The van der Waals surface area contributed by atoms with Crippen LogP contribution in [0.3, 0.4) is 0 Å². The zero-order chi connectivity index (χ0) is 15.0. The van der Waals surface area contributed by atoms with Gasteiger partial charge >= 0.3 is 5.97 Å². The molecule has 2 heterocycles. The Kier molecular flexibility index (Phi) is 4.17. The molecule has 1 aliphatic carbocycles. The van der Waals surface area contributed by atoms with E-state index in [0.717, 1.165) is 33.9 Å². The summed E-state index contributed by atoms with van der Waals surface area (Å²) in [6, 6.07) is 0. The van der Waals surface area contributed by atoms with Crippen molar-refractivity contribution in [1.82, 2.24) is 9.97 Å². The number of aromatic nitrogens is 2. The number of carboxylic acids is 1. The van der Waals surface area contributed by atoms with Crippen molar-refractivity contribution in [2.75, 3.05) is 5.75 Å². The Labute approximate surface area is 132 Å². The van der Waals surface area contributed by atoms with Gasteiger partial charge in [-0.1, -0.05) is 25.6 Å². The van der Waals surface area contributed by atoms with Crippen LogP contribution in [0.15, 0.2) is 5.03 Å². The minimum atomic E-state index is -0.804. The van der Waals surface area contributed by atoms with Crippen molar-refractivity contribution in [3.05, 3.63) is 16.3 Å². The van der Waals surface area contributed by atoms with Crippen molar-refractivity contribution in [1.29, 1.82) is 0 Å². The second-order valence-corrected chi connectivity index (χ2v) is 7.66. The summed E-state index contributed by atoms with van der Waals surface area (Å²) in [5.41, 5.74) is 1.37. The van der Waals surface area contributed by atoms with Crippen molar-refractivity contribution in [3.8, 4) is 0 Å². The zero-order valence-electron chi connectivity index (χ0n) is 12.2. The highest BCUT2D eigenvalue weighted by Gasteiger charge is 2.22. The van der Waals surface area contributed by atoms with Gasteiger partial charge in [-0.05, 0) is 31.2 Å². The van der Waals surface area contributed by atoms with Gasteiger partial charge in [0.15, 0.2) is 0 Å². The van der Waals surface area contributed by atoms with Gasteiger partial charge in [-0.2, -0.15) is 0 Å². The Morgan fingerprint density at radius 3 is 2.81 bits per heavy atom. The number of thiophene rings is 1. The zero-order valence-corrected chi connectivity index (χ0v) is 13.8. The molecule has 1 N–H and O–H groups in total. The molecule has 0 saturated heterocycles. The Bertz CT molecular complexity index is 695. The highest BCUT2D eigenvalue weighted by atomic mass is 32.2. The van der Waals surface area contributed by atoms with E-state index in [2.05, 4.69) is 18.8 Å². The molecule has 4 nitrogen and oxygen atoms in total. The van der Waals surface area contributed by atoms with Crippen LogP contribution in [0.4, 0.5) is 0 Å². The summed E-state index contributed by atoms with van der Waals surface area (Å²) >= 11 is 3.09. The Morgan fingerprint density at radius 1 is 1.33 bits per heavy atom. The van der Waals surface area contributed by atoms with Gasteiger partial charge in [-0.25, -0.2) is 9.97 Å². The Balaban J connectivity index is 2.15. The van der Waals surface area contributed by atoms with E-state index in [4.69, 9.17) is 10.1 Å². The molecule has 2 aromatic heterocycles. The second kappa shape index (κ2) is 5.93. The molecule has 0 aliphatic heterocycles. The van der Waals surface area contributed by atoms with E-state index in [9.17, 15) is 4.79 Å². The van der Waals surface area contributed by atoms with E-state index in [0.29, 0.717) is 0 Å². The van der Waals surface area contributed by atoms with Crippen LogP contribution in [0.1, 0.15) is 48.9 Å². The molecule has 0 bridgehead atoms.